The van der Waals surface area contributed by atoms with Crippen LogP contribution in [0.4, 0.5) is 0 Å². The van der Waals surface area contributed by atoms with Crippen molar-refractivity contribution in [1.29, 1.82) is 0 Å². The molecule has 2 rings (SSSR count). The van der Waals surface area contributed by atoms with Crippen LogP contribution >= 0.6 is 0 Å². The summed E-state index contributed by atoms with van der Waals surface area (Å²) in [6, 6.07) is 5.77. The molecule has 0 saturated carbocycles. The number of fused-ring (bicyclic) bond motifs is 1. The van der Waals surface area contributed by atoms with Crippen molar-refractivity contribution < 1.29 is 14.9 Å². The molecule has 0 bridgehead atoms. The van der Waals surface area contributed by atoms with Crippen LogP contribution in [0, 0.1) is 0 Å². The van der Waals surface area contributed by atoms with Crippen LogP contribution in [0.3, 0.4) is 0 Å². The monoisotopic (exact) mass is 236 g/mol. The third kappa shape index (κ3) is 3.20. The molecule has 3 heteroatoms. The van der Waals surface area contributed by atoms with Crippen LogP contribution in [0.2, 0.25) is 0 Å². The zero-order chi connectivity index (χ0) is 12.5. The van der Waals surface area contributed by atoms with Crippen LogP contribution in [0.5, 0.6) is 5.75 Å². The lowest BCUT2D eigenvalue weighted by Gasteiger charge is -2.23. The van der Waals surface area contributed by atoms with Gasteiger partial charge in [-0.2, -0.15) is 0 Å². The van der Waals surface area contributed by atoms with Gasteiger partial charge in [0.25, 0.3) is 0 Å². The van der Waals surface area contributed by atoms with E-state index in [-0.39, 0.29) is 12.7 Å². The summed E-state index contributed by atoms with van der Waals surface area (Å²) in [6.45, 7) is 3.71. The lowest BCUT2D eigenvalue weighted by molar-refractivity contribution is 0.0284. The van der Waals surface area contributed by atoms with E-state index in [0.29, 0.717) is 0 Å². The molecule has 1 aromatic carbocycles. The number of aliphatic hydroxyl groups excluding tert-OH is 1. The molecule has 0 radical (unpaired) electrons. The first kappa shape index (κ1) is 12.4. The number of hydrogen-bond acceptors (Lipinski definition) is 3. The highest BCUT2D eigenvalue weighted by molar-refractivity contribution is 5.38. The van der Waals surface area contributed by atoms with E-state index in [1.165, 1.54) is 0 Å². The standard InChI is InChI=1S/C14H20O3/c1-14(2,16)9-17-11-6-7-12-10(8-11)4-3-5-13(12)15/h6-8,13,15-16H,3-5,9H2,1-2H3. The summed E-state index contributed by atoms with van der Waals surface area (Å²) in [7, 11) is 0. The molecule has 0 aromatic heterocycles. The molecule has 0 saturated heterocycles. The molecule has 1 aromatic rings. The Kier molecular flexibility index (Phi) is 3.40. The highest BCUT2D eigenvalue weighted by Gasteiger charge is 2.19. The first-order valence-corrected chi connectivity index (χ1v) is 6.12. The Balaban J connectivity index is 2.11. The number of ether oxygens (including phenoxy) is 1. The molecule has 1 unspecified atom stereocenters. The number of hydrogen-bond donors (Lipinski definition) is 2. The summed E-state index contributed by atoms with van der Waals surface area (Å²) in [6.07, 6.45) is 2.52. The molecule has 2 N–H and O–H groups in total. The summed E-state index contributed by atoms with van der Waals surface area (Å²) < 4.78 is 5.54. The lowest BCUT2D eigenvalue weighted by atomic mass is 9.89. The average molecular weight is 236 g/mol. The van der Waals surface area contributed by atoms with E-state index in [1.807, 2.05) is 18.2 Å². The zero-order valence-corrected chi connectivity index (χ0v) is 10.4. The number of aryl methyl sites for hydroxylation is 1. The molecule has 0 amide bonds. The van der Waals surface area contributed by atoms with Crippen molar-refractivity contribution in [2.24, 2.45) is 0 Å². The summed E-state index contributed by atoms with van der Waals surface area (Å²) in [5.74, 6) is 0.764. The Morgan fingerprint density at radius 1 is 1.41 bits per heavy atom. The topological polar surface area (TPSA) is 49.7 Å². The molecule has 1 atom stereocenters. The molecule has 94 valence electrons. The first-order valence-electron chi connectivity index (χ1n) is 6.12. The van der Waals surface area contributed by atoms with Gasteiger partial charge in [0.2, 0.25) is 0 Å². The van der Waals surface area contributed by atoms with Gasteiger partial charge in [0.1, 0.15) is 12.4 Å². The minimum absolute atomic E-state index is 0.272. The van der Waals surface area contributed by atoms with Crippen molar-refractivity contribution >= 4 is 0 Å². The molecule has 1 aliphatic carbocycles. The molecule has 0 fully saturated rings. The lowest BCUT2D eigenvalue weighted by Crippen LogP contribution is -2.27. The molecule has 3 nitrogen and oxygen atoms in total. The molecule has 0 heterocycles. The predicted octanol–water partition coefficient (Wildman–Crippen LogP) is 2.21. The van der Waals surface area contributed by atoms with Gasteiger partial charge in [-0.15, -0.1) is 0 Å². The maximum Gasteiger partial charge on any atom is 0.119 e. The van der Waals surface area contributed by atoms with Crippen molar-refractivity contribution in [3.63, 3.8) is 0 Å². The predicted molar refractivity (Wildman–Crippen MR) is 66.1 cm³/mol. The number of rotatable bonds is 3. The highest BCUT2D eigenvalue weighted by atomic mass is 16.5. The van der Waals surface area contributed by atoms with Gasteiger partial charge in [-0.3, -0.25) is 0 Å². The van der Waals surface area contributed by atoms with Crippen LogP contribution in [0.15, 0.2) is 18.2 Å². The molecular weight excluding hydrogens is 216 g/mol. The molecule has 0 spiro atoms. The SMILES string of the molecule is CC(C)(O)COc1ccc2c(c1)CCCC2O. The average Bonchev–Trinajstić information content (AvgIpc) is 2.26. The summed E-state index contributed by atoms with van der Waals surface area (Å²) >= 11 is 0. The van der Waals surface area contributed by atoms with Crippen molar-refractivity contribution in [3.05, 3.63) is 29.3 Å². The molecular formula is C14H20O3. The summed E-state index contributed by atoms with van der Waals surface area (Å²) in [5.41, 5.74) is 1.36. The van der Waals surface area contributed by atoms with E-state index in [2.05, 4.69) is 0 Å². The second-order valence-corrected chi connectivity index (χ2v) is 5.37. The number of aliphatic hydroxyl groups is 2. The van der Waals surface area contributed by atoms with Gasteiger partial charge in [0.05, 0.1) is 11.7 Å². The summed E-state index contributed by atoms with van der Waals surface area (Å²) in [4.78, 5) is 0. The molecule has 1 aliphatic rings. The second-order valence-electron chi connectivity index (χ2n) is 5.37. The van der Waals surface area contributed by atoms with Crippen molar-refractivity contribution in [3.8, 4) is 5.75 Å². The van der Waals surface area contributed by atoms with Crippen molar-refractivity contribution in [1.82, 2.24) is 0 Å². The maximum absolute atomic E-state index is 9.83. The van der Waals surface area contributed by atoms with Gasteiger partial charge in [0, 0.05) is 0 Å². The van der Waals surface area contributed by atoms with E-state index in [0.717, 1.165) is 36.1 Å². The van der Waals surface area contributed by atoms with Gasteiger partial charge >= 0.3 is 0 Å². The Labute approximate surface area is 102 Å². The fourth-order valence-corrected chi connectivity index (χ4v) is 2.11. The largest absolute Gasteiger partial charge is 0.491 e. The zero-order valence-electron chi connectivity index (χ0n) is 10.4. The third-order valence-electron chi connectivity index (χ3n) is 2.99. The Bertz CT molecular complexity index is 393. The molecule has 17 heavy (non-hydrogen) atoms. The van der Waals surface area contributed by atoms with Crippen LogP contribution in [0.1, 0.15) is 43.9 Å². The number of benzene rings is 1. The van der Waals surface area contributed by atoms with E-state index in [4.69, 9.17) is 4.74 Å². The Morgan fingerprint density at radius 3 is 2.88 bits per heavy atom. The van der Waals surface area contributed by atoms with Crippen molar-refractivity contribution in [2.75, 3.05) is 6.61 Å². The van der Waals surface area contributed by atoms with Crippen molar-refractivity contribution in [2.45, 2.75) is 44.8 Å². The third-order valence-corrected chi connectivity index (χ3v) is 2.99. The fraction of sp³-hybridized carbons (Fsp3) is 0.571. The normalized spacial score (nSPS) is 19.9. The van der Waals surface area contributed by atoms with E-state index < -0.39 is 5.60 Å². The van der Waals surface area contributed by atoms with Gasteiger partial charge in [-0.1, -0.05) is 6.07 Å². The van der Waals surface area contributed by atoms with Gasteiger partial charge < -0.3 is 14.9 Å². The summed E-state index contributed by atoms with van der Waals surface area (Å²) in [5, 5.41) is 19.4. The fourth-order valence-electron chi connectivity index (χ4n) is 2.11. The minimum atomic E-state index is -0.824. The van der Waals surface area contributed by atoms with E-state index in [9.17, 15) is 10.2 Å². The van der Waals surface area contributed by atoms with Gasteiger partial charge in [-0.05, 0) is 56.4 Å². The minimum Gasteiger partial charge on any atom is -0.491 e. The second kappa shape index (κ2) is 4.67. The smallest absolute Gasteiger partial charge is 0.119 e. The van der Waals surface area contributed by atoms with Gasteiger partial charge in [0.15, 0.2) is 0 Å². The van der Waals surface area contributed by atoms with Gasteiger partial charge in [-0.25, -0.2) is 0 Å². The quantitative estimate of drug-likeness (QED) is 0.846. The first-order chi connectivity index (χ1) is 7.96. The van der Waals surface area contributed by atoms with E-state index >= 15 is 0 Å². The Morgan fingerprint density at radius 2 is 2.18 bits per heavy atom. The van der Waals surface area contributed by atoms with Crippen LogP contribution in [-0.4, -0.2) is 22.4 Å². The van der Waals surface area contributed by atoms with Crippen LogP contribution in [-0.2, 0) is 6.42 Å². The molecule has 0 aliphatic heterocycles. The Hall–Kier alpha value is -1.06. The highest BCUT2D eigenvalue weighted by Crippen LogP contribution is 2.32. The maximum atomic E-state index is 9.83. The van der Waals surface area contributed by atoms with Crippen LogP contribution in [0.25, 0.3) is 0 Å². The van der Waals surface area contributed by atoms with E-state index in [1.54, 1.807) is 13.8 Å². The van der Waals surface area contributed by atoms with Crippen LogP contribution < -0.4 is 4.74 Å².